The lowest BCUT2D eigenvalue weighted by Crippen LogP contribution is -2.47. The molecule has 130 valence electrons. The summed E-state index contributed by atoms with van der Waals surface area (Å²) in [6.45, 7) is 8.72. The molecule has 1 aromatic heterocycles. The maximum atomic E-state index is 12.3. The number of aryl methyl sites for hydroxylation is 1. The van der Waals surface area contributed by atoms with Gasteiger partial charge in [-0.15, -0.1) is 0 Å². The molecule has 1 aromatic rings. The van der Waals surface area contributed by atoms with Gasteiger partial charge >= 0.3 is 6.09 Å². The molecule has 0 aromatic carbocycles. The minimum Gasteiger partial charge on any atom is -0.444 e. The Hall–Kier alpha value is -1.96. The average Bonchev–Trinajstić information content (AvgIpc) is 2.61. The number of carbonyl (C=O) groups excluding carboxylic acids is 1. The van der Waals surface area contributed by atoms with E-state index >= 15 is 0 Å². The van der Waals surface area contributed by atoms with Crippen LogP contribution in [0.4, 0.5) is 16.3 Å². The molecule has 2 heterocycles. The molecule has 0 aliphatic carbocycles. The number of hydrogen-bond acceptors (Lipinski definition) is 6. The minimum absolute atomic E-state index is 0.205. The number of amides is 1. The molecule has 0 bridgehead atoms. The van der Waals surface area contributed by atoms with Gasteiger partial charge in [0.1, 0.15) is 11.4 Å². The second kappa shape index (κ2) is 5.92. The van der Waals surface area contributed by atoms with Crippen LogP contribution in [-0.4, -0.2) is 63.3 Å². The van der Waals surface area contributed by atoms with Crippen LogP contribution in [0.1, 0.15) is 27.7 Å². The van der Waals surface area contributed by atoms with Crippen LogP contribution in [0.2, 0.25) is 0 Å². The summed E-state index contributed by atoms with van der Waals surface area (Å²) in [5.41, 5.74) is 4.88. The monoisotopic (exact) mass is 325 g/mol. The molecule has 3 N–H and O–H groups in total. The summed E-state index contributed by atoms with van der Waals surface area (Å²) >= 11 is 0. The van der Waals surface area contributed by atoms with Crippen LogP contribution in [0, 0.1) is 0 Å². The van der Waals surface area contributed by atoms with E-state index in [0.717, 1.165) is 5.82 Å². The van der Waals surface area contributed by atoms with Crippen molar-refractivity contribution in [1.29, 1.82) is 0 Å². The van der Waals surface area contributed by atoms with Gasteiger partial charge in [-0.25, -0.2) is 4.79 Å². The van der Waals surface area contributed by atoms with Gasteiger partial charge in [-0.1, -0.05) is 0 Å². The topological polar surface area (TPSA) is 96.9 Å². The molecule has 1 unspecified atom stereocenters. The minimum atomic E-state index is -1.08. The Labute approximate surface area is 136 Å². The number of hydrogen-bond donors (Lipinski definition) is 2. The van der Waals surface area contributed by atoms with Crippen LogP contribution < -0.4 is 10.6 Å². The maximum Gasteiger partial charge on any atom is 0.410 e. The number of aromatic nitrogens is 2. The van der Waals surface area contributed by atoms with Crippen LogP contribution in [0.15, 0.2) is 6.20 Å². The van der Waals surface area contributed by atoms with Gasteiger partial charge in [0.2, 0.25) is 0 Å². The summed E-state index contributed by atoms with van der Waals surface area (Å²) in [6, 6.07) is 0. The van der Waals surface area contributed by atoms with Crippen molar-refractivity contribution in [3.63, 3.8) is 0 Å². The highest BCUT2D eigenvalue weighted by atomic mass is 16.6. The zero-order valence-corrected chi connectivity index (χ0v) is 14.5. The molecular formula is C15H27N5O3. The largest absolute Gasteiger partial charge is 0.444 e. The van der Waals surface area contributed by atoms with E-state index in [-0.39, 0.29) is 6.54 Å². The molecule has 1 fully saturated rings. The van der Waals surface area contributed by atoms with Gasteiger partial charge in [0.05, 0.1) is 24.0 Å². The maximum absolute atomic E-state index is 12.3. The number of carbonyl (C=O) groups is 1. The van der Waals surface area contributed by atoms with E-state index in [2.05, 4.69) is 5.10 Å². The Bertz CT molecular complexity index is 557. The van der Waals surface area contributed by atoms with E-state index in [1.165, 1.54) is 4.90 Å². The van der Waals surface area contributed by atoms with Crippen molar-refractivity contribution in [3.05, 3.63) is 6.20 Å². The summed E-state index contributed by atoms with van der Waals surface area (Å²) < 4.78 is 7.09. The number of β-amino-alcohol motifs (C(OH)–C–C–N with tert-alkyl or cyclic N) is 1. The van der Waals surface area contributed by atoms with E-state index in [0.29, 0.717) is 25.3 Å². The van der Waals surface area contributed by atoms with E-state index in [4.69, 9.17) is 10.5 Å². The first-order valence-corrected chi connectivity index (χ1v) is 7.71. The molecule has 1 aliphatic rings. The van der Waals surface area contributed by atoms with E-state index in [1.54, 1.807) is 24.9 Å². The summed E-state index contributed by atoms with van der Waals surface area (Å²) in [4.78, 5) is 15.8. The van der Waals surface area contributed by atoms with E-state index in [9.17, 15) is 9.90 Å². The molecule has 8 heteroatoms. The van der Waals surface area contributed by atoms with Crippen LogP contribution >= 0.6 is 0 Å². The number of anilines is 2. The fourth-order valence-corrected chi connectivity index (χ4v) is 2.77. The third-order valence-electron chi connectivity index (χ3n) is 3.59. The molecule has 0 spiro atoms. The van der Waals surface area contributed by atoms with Crippen molar-refractivity contribution >= 4 is 17.6 Å². The van der Waals surface area contributed by atoms with E-state index in [1.807, 2.05) is 25.7 Å². The summed E-state index contributed by atoms with van der Waals surface area (Å²) in [7, 11) is 1.80. The number of aliphatic hydroxyl groups is 1. The summed E-state index contributed by atoms with van der Waals surface area (Å²) in [5, 5.41) is 14.8. The average molecular weight is 325 g/mol. The zero-order valence-electron chi connectivity index (χ0n) is 14.5. The van der Waals surface area contributed by atoms with Gasteiger partial charge in [-0.05, 0) is 27.7 Å². The molecular weight excluding hydrogens is 298 g/mol. The predicted molar refractivity (Wildman–Crippen MR) is 88.3 cm³/mol. The lowest BCUT2D eigenvalue weighted by Gasteiger charge is -2.31. The molecule has 1 amide bonds. The Morgan fingerprint density at radius 1 is 1.39 bits per heavy atom. The molecule has 1 saturated heterocycles. The van der Waals surface area contributed by atoms with Crippen molar-refractivity contribution in [2.24, 2.45) is 7.05 Å². The van der Waals surface area contributed by atoms with Gasteiger partial charge in [-0.3, -0.25) is 4.68 Å². The molecule has 0 saturated carbocycles. The molecule has 1 atom stereocenters. The molecule has 1 aliphatic heterocycles. The quantitative estimate of drug-likeness (QED) is 0.793. The lowest BCUT2D eigenvalue weighted by atomic mass is 10.1. The molecule has 23 heavy (non-hydrogen) atoms. The molecule has 2 rings (SSSR count). The first-order valence-electron chi connectivity index (χ1n) is 7.71. The normalized spacial score (nSPS) is 22.9. The Morgan fingerprint density at radius 2 is 2.04 bits per heavy atom. The first kappa shape index (κ1) is 17.4. The van der Waals surface area contributed by atoms with Crippen molar-refractivity contribution in [3.8, 4) is 0 Å². The van der Waals surface area contributed by atoms with Gasteiger partial charge in [0, 0.05) is 26.7 Å². The fourth-order valence-electron chi connectivity index (χ4n) is 2.77. The van der Waals surface area contributed by atoms with Crippen LogP contribution in [0.3, 0.4) is 0 Å². The molecule has 0 radical (unpaired) electrons. The van der Waals surface area contributed by atoms with Crippen LogP contribution in [-0.2, 0) is 11.8 Å². The highest BCUT2D eigenvalue weighted by Crippen LogP contribution is 2.26. The highest BCUT2D eigenvalue weighted by molar-refractivity contribution is 5.69. The fraction of sp³-hybridized carbons (Fsp3) is 0.733. The Balaban J connectivity index is 2.18. The van der Waals surface area contributed by atoms with Crippen molar-refractivity contribution in [2.75, 3.05) is 36.8 Å². The van der Waals surface area contributed by atoms with Gasteiger partial charge < -0.3 is 25.4 Å². The SMILES string of the molecule is Cn1ncc(N)c1N1CCN(C(=O)OC(C)(C)C)CC(C)(O)C1. The second-order valence-corrected chi connectivity index (χ2v) is 7.37. The Morgan fingerprint density at radius 3 is 2.57 bits per heavy atom. The third-order valence-corrected chi connectivity index (χ3v) is 3.59. The third kappa shape index (κ3) is 4.28. The standard InChI is InChI=1S/C15H27N5O3/c1-14(2,3)23-13(21)20-7-6-19(9-15(4,22)10-20)12-11(16)8-17-18(12)5/h8,22H,6-7,9-10,16H2,1-5H3. The zero-order chi connectivity index (χ0) is 17.4. The predicted octanol–water partition coefficient (Wildman–Crippen LogP) is 0.810. The lowest BCUT2D eigenvalue weighted by molar-refractivity contribution is -0.000289. The van der Waals surface area contributed by atoms with Crippen molar-refractivity contribution < 1.29 is 14.6 Å². The van der Waals surface area contributed by atoms with Crippen LogP contribution in [0.5, 0.6) is 0 Å². The summed E-state index contributed by atoms with van der Waals surface area (Å²) in [5.74, 6) is 0.747. The van der Waals surface area contributed by atoms with Crippen molar-refractivity contribution in [2.45, 2.75) is 38.9 Å². The first-order chi connectivity index (χ1) is 10.5. The van der Waals surface area contributed by atoms with Crippen LogP contribution in [0.25, 0.3) is 0 Å². The molecule has 8 nitrogen and oxygen atoms in total. The van der Waals surface area contributed by atoms with Crippen molar-refractivity contribution in [1.82, 2.24) is 14.7 Å². The number of nitrogens with zero attached hydrogens (tertiary/aromatic N) is 4. The summed E-state index contributed by atoms with van der Waals surface area (Å²) in [6.07, 6.45) is 1.17. The second-order valence-electron chi connectivity index (χ2n) is 7.37. The van der Waals surface area contributed by atoms with Gasteiger partial charge in [-0.2, -0.15) is 5.10 Å². The highest BCUT2D eigenvalue weighted by Gasteiger charge is 2.35. The number of rotatable bonds is 1. The van der Waals surface area contributed by atoms with E-state index < -0.39 is 17.3 Å². The van der Waals surface area contributed by atoms with Gasteiger partial charge in [0.25, 0.3) is 0 Å². The van der Waals surface area contributed by atoms with Gasteiger partial charge in [0.15, 0.2) is 0 Å². The smallest absolute Gasteiger partial charge is 0.410 e. The number of nitrogen functional groups attached to an aromatic ring is 1. The number of ether oxygens (including phenoxy) is 1. The number of nitrogens with two attached hydrogens (primary N) is 1. The Kier molecular flexibility index (Phi) is 4.48.